The molecule has 116 valence electrons. The number of fused-ring (bicyclic) bond motifs is 1. The fraction of sp³-hybridized carbons (Fsp3) is 0.722. The number of nitrogens with one attached hydrogen (secondary N) is 1. The van der Waals surface area contributed by atoms with Gasteiger partial charge in [0.25, 0.3) is 0 Å². The van der Waals surface area contributed by atoms with Gasteiger partial charge in [-0.2, -0.15) is 0 Å². The van der Waals surface area contributed by atoms with Crippen LogP contribution in [0.2, 0.25) is 0 Å². The summed E-state index contributed by atoms with van der Waals surface area (Å²) in [6, 6.07) is 2.30. The zero-order chi connectivity index (χ0) is 15.0. The van der Waals surface area contributed by atoms with Crippen LogP contribution in [0.3, 0.4) is 0 Å². The van der Waals surface area contributed by atoms with E-state index in [-0.39, 0.29) is 5.54 Å². The first-order chi connectivity index (χ1) is 9.92. The van der Waals surface area contributed by atoms with Crippen LogP contribution >= 0.6 is 0 Å². The van der Waals surface area contributed by atoms with Crippen LogP contribution in [0.5, 0.6) is 0 Å². The van der Waals surface area contributed by atoms with Gasteiger partial charge in [-0.05, 0) is 69.6 Å². The summed E-state index contributed by atoms with van der Waals surface area (Å²) in [5, 5.41) is 3.53. The highest BCUT2D eigenvalue weighted by atomic mass is 15.2. The van der Waals surface area contributed by atoms with Crippen molar-refractivity contribution in [3.05, 3.63) is 23.4 Å². The Labute approximate surface area is 129 Å². The second-order valence-corrected chi connectivity index (χ2v) is 7.94. The van der Waals surface area contributed by atoms with Gasteiger partial charge in [-0.15, -0.1) is 0 Å². The van der Waals surface area contributed by atoms with Crippen LogP contribution in [-0.4, -0.2) is 23.6 Å². The Kier molecular flexibility index (Phi) is 3.96. The molecule has 1 aromatic heterocycles. The lowest BCUT2D eigenvalue weighted by Gasteiger charge is -2.23. The molecule has 2 atom stereocenters. The maximum absolute atomic E-state index is 4.77. The number of anilines is 1. The molecule has 3 rings (SSSR count). The molecule has 2 aliphatic rings. The largest absolute Gasteiger partial charge is 0.356 e. The van der Waals surface area contributed by atoms with Gasteiger partial charge in [-0.3, -0.25) is 0 Å². The van der Waals surface area contributed by atoms with E-state index in [9.17, 15) is 0 Å². The van der Waals surface area contributed by atoms with Gasteiger partial charge >= 0.3 is 0 Å². The molecule has 2 unspecified atom stereocenters. The molecule has 0 aromatic carbocycles. The number of nitrogens with zero attached hydrogens (tertiary/aromatic N) is 2. The molecule has 0 radical (unpaired) electrons. The van der Waals surface area contributed by atoms with Crippen LogP contribution in [0.1, 0.15) is 51.2 Å². The average molecular weight is 287 g/mol. The summed E-state index contributed by atoms with van der Waals surface area (Å²) in [6.45, 7) is 12.1. The number of aryl methyl sites for hydroxylation is 1. The van der Waals surface area contributed by atoms with Gasteiger partial charge in [0.1, 0.15) is 5.82 Å². The highest BCUT2D eigenvalue weighted by Crippen LogP contribution is 2.39. The number of pyridine rings is 1. The van der Waals surface area contributed by atoms with Crippen molar-refractivity contribution in [2.75, 3.05) is 18.0 Å². The van der Waals surface area contributed by atoms with Crippen molar-refractivity contribution in [2.45, 2.75) is 59.0 Å². The third-order valence-electron chi connectivity index (χ3n) is 4.96. The second-order valence-electron chi connectivity index (χ2n) is 7.94. The number of hydrogen-bond acceptors (Lipinski definition) is 3. The summed E-state index contributed by atoms with van der Waals surface area (Å²) >= 11 is 0. The first kappa shape index (κ1) is 14.8. The van der Waals surface area contributed by atoms with Gasteiger partial charge in [0, 0.05) is 31.4 Å². The molecule has 21 heavy (non-hydrogen) atoms. The topological polar surface area (TPSA) is 28.2 Å². The molecule has 2 heterocycles. The molecule has 3 heteroatoms. The summed E-state index contributed by atoms with van der Waals surface area (Å²) < 4.78 is 0. The SMILES string of the molecule is Cc1cc(CNC(C)(C)C)cnc1N1CC2CCCC2C1. The Morgan fingerprint density at radius 3 is 2.48 bits per heavy atom. The first-order valence-electron chi connectivity index (χ1n) is 8.38. The molecule has 1 aliphatic carbocycles. The Bertz CT molecular complexity index is 492. The zero-order valence-electron chi connectivity index (χ0n) is 13.9. The molecule has 2 fully saturated rings. The van der Waals surface area contributed by atoms with Crippen molar-refractivity contribution in [1.82, 2.24) is 10.3 Å². The van der Waals surface area contributed by atoms with E-state index < -0.39 is 0 Å². The quantitative estimate of drug-likeness (QED) is 0.922. The molecular formula is C18H29N3. The third kappa shape index (κ3) is 3.39. The lowest BCUT2D eigenvalue weighted by Crippen LogP contribution is -2.35. The Hall–Kier alpha value is -1.09. The molecule has 0 amide bonds. The van der Waals surface area contributed by atoms with E-state index in [2.05, 4.69) is 50.2 Å². The van der Waals surface area contributed by atoms with Gasteiger partial charge in [-0.1, -0.05) is 6.42 Å². The summed E-state index contributed by atoms with van der Waals surface area (Å²) in [4.78, 5) is 7.29. The Morgan fingerprint density at radius 2 is 1.90 bits per heavy atom. The van der Waals surface area contributed by atoms with E-state index in [0.29, 0.717) is 0 Å². The predicted octanol–water partition coefficient (Wildman–Crippen LogP) is 3.51. The van der Waals surface area contributed by atoms with E-state index in [4.69, 9.17) is 4.98 Å². The van der Waals surface area contributed by atoms with Crippen molar-refractivity contribution in [2.24, 2.45) is 11.8 Å². The van der Waals surface area contributed by atoms with Gasteiger partial charge in [0.2, 0.25) is 0 Å². The number of hydrogen-bond donors (Lipinski definition) is 1. The van der Waals surface area contributed by atoms with E-state index >= 15 is 0 Å². The molecule has 3 nitrogen and oxygen atoms in total. The van der Waals surface area contributed by atoms with Crippen molar-refractivity contribution >= 4 is 5.82 Å². The molecular weight excluding hydrogens is 258 g/mol. The summed E-state index contributed by atoms with van der Waals surface area (Å²) in [6.07, 6.45) is 6.34. The van der Waals surface area contributed by atoms with Crippen LogP contribution in [0.25, 0.3) is 0 Å². The predicted molar refractivity (Wildman–Crippen MR) is 88.6 cm³/mol. The van der Waals surface area contributed by atoms with Crippen molar-refractivity contribution < 1.29 is 0 Å². The molecule has 0 spiro atoms. The standard InChI is InChI=1S/C18H29N3/c1-13-8-14(10-20-18(2,3)4)9-19-17(13)21-11-15-6-5-7-16(15)12-21/h8-9,15-16,20H,5-7,10-12H2,1-4H3. The molecule has 0 bridgehead atoms. The Morgan fingerprint density at radius 1 is 1.24 bits per heavy atom. The van der Waals surface area contributed by atoms with E-state index in [1.54, 1.807) is 0 Å². The third-order valence-corrected chi connectivity index (χ3v) is 4.96. The highest BCUT2D eigenvalue weighted by Gasteiger charge is 2.36. The summed E-state index contributed by atoms with van der Waals surface area (Å²) in [5.41, 5.74) is 2.76. The number of aromatic nitrogens is 1. The van der Waals surface area contributed by atoms with Gasteiger partial charge in [0.15, 0.2) is 0 Å². The van der Waals surface area contributed by atoms with Crippen molar-refractivity contribution in [1.29, 1.82) is 0 Å². The van der Waals surface area contributed by atoms with Gasteiger partial charge in [0.05, 0.1) is 0 Å². The van der Waals surface area contributed by atoms with E-state index in [0.717, 1.165) is 18.4 Å². The fourth-order valence-corrected chi connectivity index (χ4v) is 3.83. The normalized spacial score (nSPS) is 25.4. The smallest absolute Gasteiger partial charge is 0.131 e. The maximum atomic E-state index is 4.77. The maximum Gasteiger partial charge on any atom is 0.131 e. The Balaban J connectivity index is 1.67. The minimum atomic E-state index is 0.152. The first-order valence-corrected chi connectivity index (χ1v) is 8.38. The fourth-order valence-electron chi connectivity index (χ4n) is 3.83. The molecule has 1 aliphatic heterocycles. The summed E-state index contributed by atoms with van der Waals surface area (Å²) in [5.74, 6) is 3.06. The van der Waals surface area contributed by atoms with Crippen LogP contribution in [-0.2, 0) is 6.54 Å². The average Bonchev–Trinajstić information content (AvgIpc) is 2.96. The van der Waals surface area contributed by atoms with Crippen LogP contribution in [0.15, 0.2) is 12.3 Å². The molecule has 1 saturated heterocycles. The number of rotatable bonds is 3. The monoisotopic (exact) mass is 287 g/mol. The van der Waals surface area contributed by atoms with Crippen molar-refractivity contribution in [3.8, 4) is 0 Å². The van der Waals surface area contributed by atoms with E-state index in [1.165, 1.54) is 49.3 Å². The summed E-state index contributed by atoms with van der Waals surface area (Å²) in [7, 11) is 0. The van der Waals surface area contributed by atoms with E-state index in [1.807, 2.05) is 0 Å². The zero-order valence-corrected chi connectivity index (χ0v) is 13.9. The lowest BCUT2D eigenvalue weighted by molar-refractivity contribution is 0.424. The second kappa shape index (κ2) is 5.60. The molecule has 1 N–H and O–H groups in total. The van der Waals surface area contributed by atoms with Crippen LogP contribution in [0, 0.1) is 18.8 Å². The van der Waals surface area contributed by atoms with Crippen molar-refractivity contribution in [3.63, 3.8) is 0 Å². The van der Waals surface area contributed by atoms with Crippen LogP contribution < -0.4 is 10.2 Å². The minimum Gasteiger partial charge on any atom is -0.356 e. The molecule has 1 saturated carbocycles. The van der Waals surface area contributed by atoms with Gasteiger partial charge < -0.3 is 10.2 Å². The minimum absolute atomic E-state index is 0.152. The molecule has 1 aromatic rings. The highest BCUT2D eigenvalue weighted by molar-refractivity contribution is 5.48. The van der Waals surface area contributed by atoms with Gasteiger partial charge in [-0.25, -0.2) is 4.98 Å². The van der Waals surface area contributed by atoms with Crippen LogP contribution in [0.4, 0.5) is 5.82 Å². The lowest BCUT2D eigenvalue weighted by atomic mass is 10.0.